The van der Waals surface area contributed by atoms with E-state index >= 15 is 0 Å². The van der Waals surface area contributed by atoms with Gasteiger partial charge in [-0.1, -0.05) is 12.1 Å². The van der Waals surface area contributed by atoms with Crippen molar-refractivity contribution >= 4 is 11.9 Å². The van der Waals surface area contributed by atoms with E-state index in [-0.39, 0.29) is 22.8 Å². The molecule has 27 heavy (non-hydrogen) atoms. The van der Waals surface area contributed by atoms with Crippen molar-refractivity contribution in [3.63, 3.8) is 0 Å². The van der Waals surface area contributed by atoms with Crippen LogP contribution in [0.1, 0.15) is 48.9 Å². The van der Waals surface area contributed by atoms with Crippen molar-refractivity contribution in [3.05, 3.63) is 29.8 Å². The summed E-state index contributed by atoms with van der Waals surface area (Å²) in [6.07, 6.45) is 6.82. The number of hydrogen-bond donors (Lipinski definition) is 1. The van der Waals surface area contributed by atoms with Gasteiger partial charge >= 0.3 is 12.6 Å². The van der Waals surface area contributed by atoms with Crippen LogP contribution < -0.4 is 10.1 Å². The molecule has 4 aliphatic rings. The SMILES string of the molecule is O=C(COC(=O)c1ccccc1OC(F)F)NC12CC3CC(CC(C3)C1)C2. The lowest BCUT2D eigenvalue weighted by molar-refractivity contribution is -0.130. The van der Waals surface area contributed by atoms with E-state index in [4.69, 9.17) is 4.74 Å². The molecule has 0 spiro atoms. The molecule has 146 valence electrons. The van der Waals surface area contributed by atoms with E-state index in [1.165, 1.54) is 43.5 Å². The lowest BCUT2D eigenvalue weighted by atomic mass is 9.53. The van der Waals surface area contributed by atoms with Gasteiger partial charge in [-0.15, -0.1) is 0 Å². The Morgan fingerprint density at radius 2 is 1.67 bits per heavy atom. The number of amides is 1. The Labute approximate surface area is 156 Å². The minimum atomic E-state index is -3.04. The van der Waals surface area contributed by atoms with Crippen LogP contribution in [-0.2, 0) is 9.53 Å². The Morgan fingerprint density at radius 3 is 2.26 bits per heavy atom. The quantitative estimate of drug-likeness (QED) is 0.768. The molecule has 4 bridgehead atoms. The highest BCUT2D eigenvalue weighted by atomic mass is 19.3. The minimum absolute atomic E-state index is 0.125. The molecule has 5 nitrogen and oxygen atoms in total. The van der Waals surface area contributed by atoms with Gasteiger partial charge in [-0.3, -0.25) is 4.79 Å². The van der Waals surface area contributed by atoms with E-state index in [2.05, 4.69) is 10.1 Å². The third kappa shape index (κ3) is 3.92. The first-order valence-corrected chi connectivity index (χ1v) is 9.44. The third-order valence-electron chi connectivity index (χ3n) is 6.10. The second kappa shape index (κ2) is 7.09. The first-order chi connectivity index (χ1) is 12.9. The van der Waals surface area contributed by atoms with Crippen LogP contribution >= 0.6 is 0 Å². The lowest BCUT2D eigenvalue weighted by Crippen LogP contribution is -2.60. The molecule has 0 heterocycles. The summed E-state index contributed by atoms with van der Waals surface area (Å²) in [5, 5.41) is 3.11. The molecule has 7 heteroatoms. The maximum absolute atomic E-state index is 12.5. The molecule has 0 aromatic heterocycles. The maximum atomic E-state index is 12.5. The number of hydrogen-bond acceptors (Lipinski definition) is 4. The molecule has 0 unspecified atom stereocenters. The summed E-state index contributed by atoms with van der Waals surface area (Å²) in [4.78, 5) is 24.6. The Morgan fingerprint density at radius 1 is 1.07 bits per heavy atom. The molecular formula is C20H23F2NO4. The summed E-state index contributed by atoms with van der Waals surface area (Å²) in [5.41, 5.74) is -0.282. The largest absolute Gasteiger partial charge is 0.452 e. The van der Waals surface area contributed by atoms with E-state index in [1.807, 2.05) is 0 Å². The number of ether oxygens (including phenoxy) is 2. The Kier molecular flexibility index (Phi) is 4.78. The molecule has 1 N–H and O–H groups in total. The van der Waals surface area contributed by atoms with Gasteiger partial charge in [0, 0.05) is 5.54 Å². The molecule has 4 fully saturated rings. The topological polar surface area (TPSA) is 64.6 Å². The summed E-state index contributed by atoms with van der Waals surface area (Å²) in [6, 6.07) is 5.59. The van der Waals surface area contributed by atoms with Gasteiger partial charge in [-0.25, -0.2) is 4.79 Å². The fraction of sp³-hybridized carbons (Fsp3) is 0.600. The standard InChI is InChI=1S/C20H23F2NO4/c21-19(22)27-16-4-2-1-3-15(16)18(25)26-11-17(24)23-20-8-12-5-13(9-20)7-14(6-12)10-20/h1-4,12-14,19H,5-11H2,(H,23,24). The predicted octanol–water partition coefficient (Wildman–Crippen LogP) is 3.53. The van der Waals surface area contributed by atoms with Crippen LogP contribution in [0.2, 0.25) is 0 Å². The Bertz CT molecular complexity index is 701. The highest BCUT2D eigenvalue weighted by Crippen LogP contribution is 2.55. The molecule has 1 amide bonds. The molecule has 1 aromatic carbocycles. The van der Waals surface area contributed by atoms with Gasteiger partial charge in [0.25, 0.3) is 5.91 Å². The number of carbonyl (C=O) groups excluding carboxylic acids is 2. The number of alkyl halides is 2. The van der Waals surface area contributed by atoms with Crippen LogP contribution in [0.4, 0.5) is 8.78 Å². The number of carbonyl (C=O) groups is 2. The zero-order valence-corrected chi connectivity index (χ0v) is 15.0. The molecule has 4 aliphatic carbocycles. The smallest absolute Gasteiger partial charge is 0.387 e. The van der Waals surface area contributed by atoms with Crippen molar-refractivity contribution in [3.8, 4) is 5.75 Å². The normalized spacial score (nSPS) is 31.0. The van der Waals surface area contributed by atoms with Crippen molar-refractivity contribution in [2.24, 2.45) is 17.8 Å². The average molecular weight is 379 g/mol. The fourth-order valence-corrected chi connectivity index (χ4v) is 5.64. The fourth-order valence-electron chi connectivity index (χ4n) is 5.64. The Balaban J connectivity index is 1.34. The van der Waals surface area contributed by atoms with Crippen molar-refractivity contribution in [1.82, 2.24) is 5.32 Å². The van der Waals surface area contributed by atoms with Crippen molar-refractivity contribution in [2.45, 2.75) is 50.7 Å². The first-order valence-electron chi connectivity index (χ1n) is 9.44. The Hall–Kier alpha value is -2.18. The molecule has 0 aliphatic heterocycles. The maximum Gasteiger partial charge on any atom is 0.387 e. The number of halogens is 2. The zero-order chi connectivity index (χ0) is 19.0. The van der Waals surface area contributed by atoms with Gasteiger partial charge in [0.1, 0.15) is 11.3 Å². The third-order valence-corrected chi connectivity index (χ3v) is 6.10. The number of rotatable bonds is 6. The van der Waals surface area contributed by atoms with Crippen molar-refractivity contribution in [1.29, 1.82) is 0 Å². The monoisotopic (exact) mass is 379 g/mol. The van der Waals surface area contributed by atoms with Gasteiger partial charge in [-0.05, 0) is 68.4 Å². The molecule has 1 aromatic rings. The second-order valence-corrected chi connectivity index (χ2v) is 8.20. The number of para-hydroxylation sites is 1. The molecule has 5 rings (SSSR count). The highest BCUT2D eigenvalue weighted by Gasteiger charge is 2.51. The average Bonchev–Trinajstić information content (AvgIpc) is 2.58. The molecule has 4 saturated carbocycles. The number of esters is 1. The van der Waals surface area contributed by atoms with Crippen LogP contribution in [-0.4, -0.2) is 30.6 Å². The van der Waals surface area contributed by atoms with Gasteiger partial charge in [-0.2, -0.15) is 8.78 Å². The summed E-state index contributed by atoms with van der Waals surface area (Å²) >= 11 is 0. The first kappa shape index (κ1) is 18.2. The second-order valence-electron chi connectivity index (χ2n) is 8.20. The summed E-state index contributed by atoms with van der Waals surface area (Å²) < 4.78 is 34.3. The molecule has 0 radical (unpaired) electrons. The van der Waals surface area contributed by atoms with Crippen LogP contribution in [0, 0.1) is 17.8 Å². The zero-order valence-electron chi connectivity index (χ0n) is 15.0. The van der Waals surface area contributed by atoms with Crippen LogP contribution in [0.5, 0.6) is 5.75 Å². The van der Waals surface area contributed by atoms with Crippen molar-refractivity contribution in [2.75, 3.05) is 6.61 Å². The highest BCUT2D eigenvalue weighted by molar-refractivity contribution is 5.94. The molecule has 0 saturated heterocycles. The number of benzene rings is 1. The molecule has 0 atom stereocenters. The van der Waals surface area contributed by atoms with Crippen LogP contribution in [0.3, 0.4) is 0 Å². The van der Waals surface area contributed by atoms with Crippen LogP contribution in [0.25, 0.3) is 0 Å². The lowest BCUT2D eigenvalue weighted by Gasteiger charge is -2.56. The van der Waals surface area contributed by atoms with E-state index < -0.39 is 19.2 Å². The number of nitrogens with one attached hydrogen (secondary N) is 1. The summed E-state index contributed by atoms with van der Waals surface area (Å²) in [7, 11) is 0. The summed E-state index contributed by atoms with van der Waals surface area (Å²) in [5.74, 6) is 0.621. The van der Waals surface area contributed by atoms with Gasteiger partial charge in [0.05, 0.1) is 0 Å². The van der Waals surface area contributed by atoms with Gasteiger partial charge in [0.15, 0.2) is 6.61 Å². The van der Waals surface area contributed by atoms with Crippen molar-refractivity contribution < 1.29 is 27.8 Å². The van der Waals surface area contributed by atoms with Gasteiger partial charge in [0.2, 0.25) is 0 Å². The molecular weight excluding hydrogens is 356 g/mol. The summed E-state index contributed by atoms with van der Waals surface area (Å²) in [6.45, 7) is -3.47. The van der Waals surface area contributed by atoms with E-state index in [0.29, 0.717) is 17.8 Å². The predicted molar refractivity (Wildman–Crippen MR) is 92.4 cm³/mol. The van der Waals surface area contributed by atoms with E-state index in [1.54, 1.807) is 0 Å². The van der Waals surface area contributed by atoms with Gasteiger partial charge < -0.3 is 14.8 Å². The van der Waals surface area contributed by atoms with Crippen LogP contribution in [0.15, 0.2) is 24.3 Å². The van der Waals surface area contributed by atoms with E-state index in [9.17, 15) is 18.4 Å². The van der Waals surface area contributed by atoms with E-state index in [0.717, 1.165) is 19.3 Å². The minimum Gasteiger partial charge on any atom is -0.452 e.